The lowest BCUT2D eigenvalue weighted by molar-refractivity contribution is -0.384. The van der Waals surface area contributed by atoms with Crippen molar-refractivity contribution < 1.29 is 28.8 Å². The highest BCUT2D eigenvalue weighted by Gasteiger charge is 2.57. The maximum absolute atomic E-state index is 12.5. The molecule has 2 heterocycles. The summed E-state index contributed by atoms with van der Waals surface area (Å²) in [5, 5.41) is 13.0. The van der Waals surface area contributed by atoms with Crippen molar-refractivity contribution in [2.45, 2.75) is 24.1 Å². The molecule has 4 rings (SSSR count). The average molecular weight is 457 g/mol. The number of fused-ring (bicyclic) bond motifs is 1. The molecule has 2 aromatic rings. The summed E-state index contributed by atoms with van der Waals surface area (Å²) in [6, 6.07) is 13.1. The van der Waals surface area contributed by atoms with Gasteiger partial charge in [0.2, 0.25) is 5.91 Å². The number of hydrogen-bond acceptors (Lipinski definition) is 8. The molecule has 166 valence electrons. The number of β-lactam (4-membered cyclic amide) rings is 1. The minimum Gasteiger partial charge on any atom is -0.484 e. The predicted molar refractivity (Wildman–Crippen MR) is 114 cm³/mol. The van der Waals surface area contributed by atoms with Crippen molar-refractivity contribution in [1.29, 1.82) is 0 Å². The molecule has 2 amide bonds. The number of non-ortho nitro benzene ring substituents is 1. The monoisotopic (exact) mass is 457 g/mol. The lowest BCUT2D eigenvalue weighted by Crippen LogP contribution is -2.70. The molecule has 1 N–H and O–H groups in total. The first-order chi connectivity index (χ1) is 15.4. The van der Waals surface area contributed by atoms with E-state index in [4.69, 9.17) is 9.47 Å². The van der Waals surface area contributed by atoms with Crippen LogP contribution >= 0.6 is 11.8 Å². The topological polar surface area (TPSA) is 128 Å². The van der Waals surface area contributed by atoms with Crippen molar-refractivity contribution in [1.82, 2.24) is 10.2 Å². The normalized spacial score (nSPS) is 21.3. The fraction of sp³-hybridized carbons (Fsp3) is 0.286. The van der Waals surface area contributed by atoms with Crippen LogP contribution < -0.4 is 10.1 Å². The number of thioether (sulfide) groups is 1. The van der Waals surface area contributed by atoms with E-state index in [1.54, 1.807) is 24.3 Å². The number of amides is 2. The van der Waals surface area contributed by atoms with E-state index in [0.29, 0.717) is 17.1 Å². The van der Waals surface area contributed by atoms with Gasteiger partial charge in [0, 0.05) is 17.9 Å². The Balaban J connectivity index is 1.25. The number of benzene rings is 2. The first kappa shape index (κ1) is 21.6. The maximum atomic E-state index is 12.5. The van der Waals surface area contributed by atoms with Crippen LogP contribution in [0, 0.1) is 10.1 Å². The summed E-state index contributed by atoms with van der Waals surface area (Å²) in [7, 11) is 0. The Labute approximate surface area is 187 Å². The lowest BCUT2D eigenvalue weighted by atomic mass is 10.0. The lowest BCUT2D eigenvalue weighted by Gasteiger charge is -2.43. The molecule has 2 aromatic carbocycles. The minimum absolute atomic E-state index is 0.0523. The number of nitro benzene ring substituents is 1. The van der Waals surface area contributed by atoms with E-state index in [-0.39, 0.29) is 30.2 Å². The maximum Gasteiger partial charge on any atom is 0.330 e. The summed E-state index contributed by atoms with van der Waals surface area (Å²) in [6.07, 6.45) is 0. The quantitative estimate of drug-likeness (QED) is 0.273. The van der Waals surface area contributed by atoms with Crippen LogP contribution in [0.25, 0.3) is 0 Å². The summed E-state index contributed by atoms with van der Waals surface area (Å²) < 4.78 is 10.7. The van der Waals surface area contributed by atoms with E-state index in [9.17, 15) is 24.5 Å². The first-order valence-electron chi connectivity index (χ1n) is 9.75. The Bertz CT molecular complexity index is 1030. The smallest absolute Gasteiger partial charge is 0.330 e. The van der Waals surface area contributed by atoms with Crippen LogP contribution in [0.15, 0.2) is 54.6 Å². The fourth-order valence-corrected chi connectivity index (χ4v) is 4.89. The van der Waals surface area contributed by atoms with Gasteiger partial charge in [0.1, 0.15) is 29.8 Å². The molecule has 0 aromatic heterocycles. The van der Waals surface area contributed by atoms with E-state index < -0.39 is 28.9 Å². The summed E-state index contributed by atoms with van der Waals surface area (Å²) in [6.45, 7) is -0.270. The number of nitro groups is 1. The van der Waals surface area contributed by atoms with Gasteiger partial charge >= 0.3 is 5.97 Å². The molecule has 2 fully saturated rings. The Kier molecular flexibility index (Phi) is 6.26. The van der Waals surface area contributed by atoms with E-state index in [1.165, 1.54) is 40.9 Å². The summed E-state index contributed by atoms with van der Waals surface area (Å²) in [5.74, 6) is -0.399. The van der Waals surface area contributed by atoms with Crippen LogP contribution in [-0.4, -0.2) is 57.4 Å². The highest BCUT2D eigenvalue weighted by atomic mass is 32.2. The van der Waals surface area contributed by atoms with Crippen molar-refractivity contribution in [2.75, 3.05) is 12.4 Å². The SMILES string of the molecule is O=C(COc1ccccc1)NC1C(=O)N2C(C(=O)OCc3ccc([N+](=O)[O-])cc3)CS[C@H]12. The van der Waals surface area contributed by atoms with Crippen molar-refractivity contribution in [3.63, 3.8) is 0 Å². The third-order valence-corrected chi connectivity index (χ3v) is 6.42. The second-order valence-electron chi connectivity index (χ2n) is 7.16. The van der Waals surface area contributed by atoms with Gasteiger partial charge in [-0.25, -0.2) is 4.79 Å². The number of ether oxygens (including phenoxy) is 2. The molecule has 10 nitrogen and oxygen atoms in total. The van der Waals surface area contributed by atoms with Crippen LogP contribution in [0.4, 0.5) is 5.69 Å². The number of para-hydroxylation sites is 1. The Morgan fingerprint density at radius 2 is 1.88 bits per heavy atom. The number of nitrogens with zero attached hydrogens (tertiary/aromatic N) is 2. The highest BCUT2D eigenvalue weighted by molar-refractivity contribution is 8.00. The molecule has 11 heteroatoms. The van der Waals surface area contributed by atoms with Crippen LogP contribution in [0.3, 0.4) is 0 Å². The van der Waals surface area contributed by atoms with Gasteiger partial charge in [0.15, 0.2) is 6.61 Å². The second kappa shape index (κ2) is 9.27. The number of carbonyl (C=O) groups is 3. The molecule has 0 saturated carbocycles. The van der Waals surface area contributed by atoms with Crippen molar-refractivity contribution >= 4 is 35.2 Å². The Morgan fingerprint density at radius 3 is 2.56 bits per heavy atom. The molecular weight excluding hydrogens is 438 g/mol. The molecular formula is C21H19N3O7S. The van der Waals surface area contributed by atoms with E-state index >= 15 is 0 Å². The summed E-state index contributed by atoms with van der Waals surface area (Å²) in [5.41, 5.74) is 0.549. The van der Waals surface area contributed by atoms with E-state index in [2.05, 4.69) is 5.32 Å². The standard InChI is InChI=1S/C21H19N3O7S/c25-17(11-30-15-4-2-1-3-5-15)22-18-19(26)23-16(12-32-20(18)23)21(27)31-10-13-6-8-14(9-7-13)24(28)29/h1-9,16,18,20H,10-12H2,(H,22,25)/t16?,18?,20-/m1/s1. The zero-order valence-electron chi connectivity index (χ0n) is 16.7. The fourth-order valence-electron chi connectivity index (χ4n) is 3.42. The number of rotatable bonds is 8. The van der Waals surface area contributed by atoms with Crippen LogP contribution in [0.2, 0.25) is 0 Å². The molecule has 2 aliphatic heterocycles. The van der Waals surface area contributed by atoms with E-state index in [0.717, 1.165) is 0 Å². The molecule has 32 heavy (non-hydrogen) atoms. The van der Waals surface area contributed by atoms with Gasteiger partial charge in [-0.2, -0.15) is 0 Å². The molecule has 0 bridgehead atoms. The summed E-state index contributed by atoms with van der Waals surface area (Å²) in [4.78, 5) is 48.8. The summed E-state index contributed by atoms with van der Waals surface area (Å²) >= 11 is 1.40. The number of esters is 1. The third-order valence-electron chi connectivity index (χ3n) is 5.07. The van der Waals surface area contributed by atoms with Gasteiger partial charge in [-0.15, -0.1) is 11.8 Å². The van der Waals surface area contributed by atoms with Gasteiger partial charge in [0.05, 0.1) is 4.92 Å². The van der Waals surface area contributed by atoms with E-state index in [1.807, 2.05) is 6.07 Å². The average Bonchev–Trinajstić information content (AvgIpc) is 3.21. The van der Waals surface area contributed by atoms with Gasteiger partial charge in [-0.3, -0.25) is 19.7 Å². The molecule has 2 saturated heterocycles. The molecule has 0 aliphatic carbocycles. The largest absolute Gasteiger partial charge is 0.484 e. The van der Waals surface area contributed by atoms with Crippen molar-refractivity contribution in [2.24, 2.45) is 0 Å². The van der Waals surface area contributed by atoms with Crippen LogP contribution in [-0.2, 0) is 25.7 Å². The van der Waals surface area contributed by atoms with Crippen LogP contribution in [0.1, 0.15) is 5.56 Å². The zero-order valence-corrected chi connectivity index (χ0v) is 17.5. The molecule has 0 radical (unpaired) electrons. The number of hydrogen-bond donors (Lipinski definition) is 1. The van der Waals surface area contributed by atoms with Gasteiger partial charge in [-0.1, -0.05) is 18.2 Å². The van der Waals surface area contributed by atoms with Gasteiger partial charge in [0.25, 0.3) is 11.6 Å². The number of carbonyl (C=O) groups excluding carboxylic acids is 3. The van der Waals surface area contributed by atoms with Gasteiger partial charge < -0.3 is 19.7 Å². The second-order valence-corrected chi connectivity index (χ2v) is 8.31. The molecule has 2 aliphatic rings. The minimum atomic E-state index is -0.732. The predicted octanol–water partition coefficient (Wildman–Crippen LogP) is 1.49. The molecule has 0 spiro atoms. The van der Waals surface area contributed by atoms with Crippen LogP contribution in [0.5, 0.6) is 5.75 Å². The molecule has 3 atom stereocenters. The Hall–Kier alpha value is -3.60. The first-order valence-corrected chi connectivity index (χ1v) is 10.8. The van der Waals surface area contributed by atoms with Crippen molar-refractivity contribution in [3.8, 4) is 5.75 Å². The van der Waals surface area contributed by atoms with Gasteiger partial charge in [-0.05, 0) is 29.8 Å². The van der Waals surface area contributed by atoms with Crippen molar-refractivity contribution in [3.05, 3.63) is 70.3 Å². The Morgan fingerprint density at radius 1 is 1.16 bits per heavy atom. The molecule has 2 unspecified atom stereocenters. The zero-order chi connectivity index (χ0) is 22.7. The highest BCUT2D eigenvalue weighted by Crippen LogP contribution is 2.40. The number of nitrogens with one attached hydrogen (secondary N) is 1. The third kappa shape index (κ3) is 4.52.